The summed E-state index contributed by atoms with van der Waals surface area (Å²) in [5.41, 5.74) is 4.32. The second-order valence-corrected chi connectivity index (χ2v) is 7.64. The molecule has 1 aliphatic rings. The average molecular weight is 381 g/mol. The highest BCUT2D eigenvalue weighted by atomic mass is 32.1. The predicted octanol–water partition coefficient (Wildman–Crippen LogP) is 5.37. The van der Waals surface area contributed by atoms with E-state index in [1.807, 2.05) is 28.5 Å². The van der Waals surface area contributed by atoms with Crippen LogP contribution in [-0.4, -0.2) is 12.5 Å². The maximum absolute atomic E-state index is 13.7. The quantitative estimate of drug-likeness (QED) is 0.608. The number of rotatable bonds is 4. The zero-order valence-electron chi connectivity index (χ0n) is 15.1. The Morgan fingerprint density at radius 3 is 2.93 bits per heavy atom. The van der Waals surface area contributed by atoms with Gasteiger partial charge in [-0.25, -0.2) is 4.39 Å². The van der Waals surface area contributed by atoms with Gasteiger partial charge in [-0.2, -0.15) is 0 Å². The van der Waals surface area contributed by atoms with Crippen molar-refractivity contribution in [2.24, 2.45) is 0 Å². The highest BCUT2D eigenvalue weighted by molar-refractivity contribution is 7.12. The molecule has 2 heterocycles. The van der Waals surface area contributed by atoms with Gasteiger partial charge in [0.1, 0.15) is 6.61 Å². The molecule has 27 heavy (non-hydrogen) atoms. The molecule has 3 aromatic rings. The summed E-state index contributed by atoms with van der Waals surface area (Å²) in [5, 5.41) is 1.90. The first kappa shape index (κ1) is 17.7. The largest absolute Gasteiger partial charge is 0.486 e. The summed E-state index contributed by atoms with van der Waals surface area (Å²) in [4.78, 5) is 15.6. The summed E-state index contributed by atoms with van der Waals surface area (Å²) in [7, 11) is 0. The predicted molar refractivity (Wildman–Crippen MR) is 106 cm³/mol. The van der Waals surface area contributed by atoms with Gasteiger partial charge >= 0.3 is 0 Å². The molecule has 0 N–H and O–H groups in total. The van der Waals surface area contributed by atoms with Crippen molar-refractivity contribution in [1.29, 1.82) is 0 Å². The summed E-state index contributed by atoms with van der Waals surface area (Å²) in [6.07, 6.45) is 1.98. The number of thiophene rings is 1. The Bertz CT molecular complexity index is 982. The van der Waals surface area contributed by atoms with Gasteiger partial charge in [-0.1, -0.05) is 29.8 Å². The molecule has 1 aliphatic heterocycles. The number of carbonyl (C=O) groups is 1. The van der Waals surface area contributed by atoms with Crippen LogP contribution in [0.25, 0.3) is 0 Å². The Balaban J connectivity index is 1.49. The first-order chi connectivity index (χ1) is 13.1. The van der Waals surface area contributed by atoms with Crippen molar-refractivity contribution in [3.05, 3.63) is 81.3 Å². The second-order valence-electron chi connectivity index (χ2n) is 6.73. The van der Waals surface area contributed by atoms with Crippen LogP contribution in [-0.2, 0) is 13.0 Å². The van der Waals surface area contributed by atoms with E-state index < -0.39 is 0 Å². The molecule has 0 unspecified atom stereocenters. The van der Waals surface area contributed by atoms with E-state index in [1.54, 1.807) is 18.2 Å². The number of hydrogen-bond acceptors (Lipinski definition) is 3. The molecule has 2 aromatic carbocycles. The molecule has 0 saturated carbocycles. The standard InChI is InChI=1S/C22H20FNO2S/c1-15-8-9-19-17(11-15)5-4-10-24(19)22(25)21-12-16(14-27-21)13-26-20-7-3-2-6-18(20)23/h2-3,6-9,11-12,14H,4-5,10,13H2,1H3. The maximum atomic E-state index is 13.7. The zero-order valence-corrected chi connectivity index (χ0v) is 15.9. The normalized spacial score (nSPS) is 13.3. The third-order valence-electron chi connectivity index (χ3n) is 4.69. The fourth-order valence-electron chi connectivity index (χ4n) is 3.36. The van der Waals surface area contributed by atoms with Crippen molar-refractivity contribution >= 4 is 22.9 Å². The fourth-order valence-corrected chi connectivity index (χ4v) is 4.20. The second kappa shape index (κ2) is 7.53. The minimum Gasteiger partial charge on any atom is -0.486 e. The number of benzene rings is 2. The van der Waals surface area contributed by atoms with Gasteiger partial charge in [0, 0.05) is 17.8 Å². The number of fused-ring (bicyclic) bond motifs is 1. The molecule has 0 bridgehead atoms. The monoisotopic (exact) mass is 381 g/mol. The molecular weight excluding hydrogens is 361 g/mol. The maximum Gasteiger partial charge on any atom is 0.268 e. The summed E-state index contributed by atoms with van der Waals surface area (Å²) in [6.45, 7) is 3.04. The van der Waals surface area contributed by atoms with Crippen LogP contribution in [0.2, 0.25) is 0 Å². The summed E-state index contributed by atoms with van der Waals surface area (Å²) in [5.74, 6) is -0.150. The van der Waals surface area contributed by atoms with Crippen molar-refractivity contribution in [2.75, 3.05) is 11.4 Å². The lowest BCUT2D eigenvalue weighted by molar-refractivity contribution is 0.0989. The first-order valence-corrected chi connectivity index (χ1v) is 9.86. The van der Waals surface area contributed by atoms with Crippen LogP contribution in [0.4, 0.5) is 10.1 Å². The van der Waals surface area contributed by atoms with Gasteiger partial charge in [0.05, 0.1) is 4.88 Å². The van der Waals surface area contributed by atoms with Crippen LogP contribution in [0.5, 0.6) is 5.75 Å². The van der Waals surface area contributed by atoms with E-state index in [2.05, 4.69) is 13.0 Å². The Kier molecular flexibility index (Phi) is 4.94. The van der Waals surface area contributed by atoms with Gasteiger partial charge in [0.2, 0.25) is 0 Å². The van der Waals surface area contributed by atoms with Crippen LogP contribution in [0.3, 0.4) is 0 Å². The van der Waals surface area contributed by atoms with Crippen LogP contribution < -0.4 is 9.64 Å². The zero-order chi connectivity index (χ0) is 18.8. The highest BCUT2D eigenvalue weighted by Crippen LogP contribution is 2.30. The molecular formula is C22H20FNO2S. The fraction of sp³-hybridized carbons (Fsp3) is 0.227. The lowest BCUT2D eigenvalue weighted by Gasteiger charge is -2.29. The summed E-state index contributed by atoms with van der Waals surface area (Å²) >= 11 is 1.40. The number of ether oxygens (including phenoxy) is 1. The Morgan fingerprint density at radius 1 is 1.22 bits per heavy atom. The van der Waals surface area contributed by atoms with Crippen LogP contribution in [0.15, 0.2) is 53.9 Å². The van der Waals surface area contributed by atoms with E-state index in [0.29, 0.717) is 4.88 Å². The molecule has 0 aliphatic carbocycles. The van der Waals surface area contributed by atoms with E-state index in [-0.39, 0.29) is 24.1 Å². The molecule has 4 rings (SSSR count). The Morgan fingerprint density at radius 2 is 2.07 bits per heavy atom. The van der Waals surface area contributed by atoms with Crippen molar-refractivity contribution < 1.29 is 13.9 Å². The molecule has 3 nitrogen and oxygen atoms in total. The molecule has 0 atom stereocenters. The van der Waals surface area contributed by atoms with Gasteiger partial charge in [0.25, 0.3) is 5.91 Å². The topological polar surface area (TPSA) is 29.5 Å². The number of nitrogens with zero attached hydrogens (tertiary/aromatic N) is 1. The van der Waals surface area contributed by atoms with E-state index >= 15 is 0 Å². The van der Waals surface area contributed by atoms with Crippen molar-refractivity contribution in [1.82, 2.24) is 0 Å². The number of amides is 1. The highest BCUT2D eigenvalue weighted by Gasteiger charge is 2.24. The number of anilines is 1. The molecule has 0 fully saturated rings. The summed E-state index contributed by atoms with van der Waals surface area (Å²) < 4.78 is 19.2. The molecule has 0 spiro atoms. The number of hydrogen-bond donors (Lipinski definition) is 0. The van der Waals surface area contributed by atoms with Crippen LogP contribution in [0.1, 0.15) is 32.8 Å². The summed E-state index contributed by atoms with van der Waals surface area (Å²) in [6, 6.07) is 14.4. The number of halogens is 1. The smallest absolute Gasteiger partial charge is 0.268 e. The van der Waals surface area contributed by atoms with Crippen molar-refractivity contribution in [3.63, 3.8) is 0 Å². The van der Waals surface area contributed by atoms with Gasteiger partial charge in [-0.15, -0.1) is 11.3 Å². The van der Waals surface area contributed by atoms with E-state index in [9.17, 15) is 9.18 Å². The third-order valence-corrected chi connectivity index (χ3v) is 5.66. The number of carbonyl (C=O) groups excluding carboxylic acids is 1. The Hall–Kier alpha value is -2.66. The van der Waals surface area contributed by atoms with Crippen molar-refractivity contribution in [2.45, 2.75) is 26.4 Å². The lowest BCUT2D eigenvalue weighted by atomic mass is 9.99. The van der Waals surface area contributed by atoms with Gasteiger partial charge in [-0.05, 0) is 55.0 Å². The minimum absolute atomic E-state index is 0.0157. The third kappa shape index (κ3) is 3.74. The van der Waals surface area contributed by atoms with E-state index in [0.717, 1.165) is 30.6 Å². The molecule has 0 radical (unpaired) electrons. The molecule has 5 heteroatoms. The van der Waals surface area contributed by atoms with Gasteiger partial charge in [0.15, 0.2) is 11.6 Å². The minimum atomic E-state index is -0.385. The van der Waals surface area contributed by atoms with E-state index in [1.165, 1.54) is 28.5 Å². The molecule has 1 amide bonds. The van der Waals surface area contributed by atoms with Gasteiger partial charge in [-0.3, -0.25) is 4.79 Å². The molecule has 1 aromatic heterocycles. The average Bonchev–Trinajstić information content (AvgIpc) is 3.15. The number of aryl methyl sites for hydroxylation is 2. The van der Waals surface area contributed by atoms with Crippen molar-refractivity contribution in [3.8, 4) is 5.75 Å². The molecule has 0 saturated heterocycles. The SMILES string of the molecule is Cc1ccc2c(c1)CCCN2C(=O)c1cc(COc2ccccc2F)cs1. The lowest BCUT2D eigenvalue weighted by Crippen LogP contribution is -2.35. The van der Waals surface area contributed by atoms with E-state index in [4.69, 9.17) is 4.74 Å². The molecule has 138 valence electrons. The first-order valence-electron chi connectivity index (χ1n) is 8.98. The van der Waals surface area contributed by atoms with Crippen LogP contribution in [0, 0.1) is 12.7 Å². The van der Waals surface area contributed by atoms with Gasteiger partial charge < -0.3 is 9.64 Å². The van der Waals surface area contributed by atoms with Crippen LogP contribution >= 0.6 is 11.3 Å². The Labute approximate surface area is 162 Å². The number of para-hydroxylation sites is 1.